The summed E-state index contributed by atoms with van der Waals surface area (Å²) in [6.07, 6.45) is 26.7. The van der Waals surface area contributed by atoms with E-state index < -0.39 is 0 Å². The maximum atomic E-state index is 3.25. The lowest BCUT2D eigenvalue weighted by Crippen LogP contribution is -2.15. The fraction of sp³-hybridized carbons (Fsp3) is 0.838. The van der Waals surface area contributed by atoms with E-state index in [0.29, 0.717) is 0 Å². The Labute approximate surface area is 243 Å². The molecular formula is C37H75N. The van der Waals surface area contributed by atoms with Crippen molar-refractivity contribution in [2.75, 3.05) is 6.54 Å². The molecule has 0 spiro atoms. The van der Waals surface area contributed by atoms with Gasteiger partial charge in [0.15, 0.2) is 0 Å². The van der Waals surface area contributed by atoms with Gasteiger partial charge in [0.2, 0.25) is 0 Å². The quantitative estimate of drug-likeness (QED) is 0.354. The van der Waals surface area contributed by atoms with Gasteiger partial charge in [0.25, 0.3) is 0 Å². The van der Waals surface area contributed by atoms with Gasteiger partial charge in [-0.05, 0) is 93.6 Å². The largest absolute Gasteiger partial charge is 0.391 e. The zero-order valence-electron chi connectivity index (χ0n) is 25.2. The highest BCUT2D eigenvalue weighted by Gasteiger charge is 2.15. The van der Waals surface area contributed by atoms with Crippen LogP contribution in [0.5, 0.6) is 0 Å². The highest BCUT2D eigenvalue weighted by molar-refractivity contribution is 5.09. The predicted octanol–water partition coefficient (Wildman–Crippen LogP) is 12.9. The van der Waals surface area contributed by atoms with E-state index >= 15 is 0 Å². The van der Waals surface area contributed by atoms with E-state index in [-0.39, 0.29) is 22.3 Å². The van der Waals surface area contributed by atoms with Crippen LogP contribution in [0.2, 0.25) is 0 Å². The van der Waals surface area contributed by atoms with Crippen molar-refractivity contribution >= 4 is 0 Å². The van der Waals surface area contributed by atoms with Crippen LogP contribution in [-0.2, 0) is 0 Å². The summed E-state index contributed by atoms with van der Waals surface area (Å²) >= 11 is 0. The smallest absolute Gasteiger partial charge is 0.0144 e. The lowest BCUT2D eigenvalue weighted by atomic mass is 9.82. The molecule has 38 heavy (non-hydrogen) atoms. The van der Waals surface area contributed by atoms with Crippen LogP contribution in [0.25, 0.3) is 0 Å². The second-order valence-corrected chi connectivity index (χ2v) is 12.6. The van der Waals surface area contributed by atoms with Gasteiger partial charge in [-0.15, -0.1) is 0 Å². The van der Waals surface area contributed by atoms with Crippen LogP contribution < -0.4 is 5.32 Å². The molecule has 3 aliphatic carbocycles. The summed E-state index contributed by atoms with van der Waals surface area (Å²) < 4.78 is 0. The topological polar surface area (TPSA) is 12.0 Å². The van der Waals surface area contributed by atoms with E-state index in [9.17, 15) is 0 Å². The molecule has 0 aromatic carbocycles. The molecule has 0 amide bonds. The minimum atomic E-state index is 0. The van der Waals surface area contributed by atoms with Crippen LogP contribution >= 0.6 is 0 Å². The predicted molar refractivity (Wildman–Crippen MR) is 180 cm³/mol. The molecule has 4 rings (SSSR count). The molecule has 0 unspecified atom stereocenters. The van der Waals surface area contributed by atoms with E-state index in [4.69, 9.17) is 0 Å². The van der Waals surface area contributed by atoms with Gasteiger partial charge in [-0.1, -0.05) is 139 Å². The van der Waals surface area contributed by atoms with Gasteiger partial charge < -0.3 is 5.32 Å². The second-order valence-electron chi connectivity index (χ2n) is 12.6. The van der Waals surface area contributed by atoms with Crippen molar-refractivity contribution in [2.45, 2.75) is 168 Å². The minimum Gasteiger partial charge on any atom is -0.391 e. The number of rotatable bonds is 4. The maximum Gasteiger partial charge on any atom is 0.0144 e. The fourth-order valence-corrected chi connectivity index (χ4v) is 5.53. The Morgan fingerprint density at radius 3 is 1.32 bits per heavy atom. The van der Waals surface area contributed by atoms with Gasteiger partial charge in [0.1, 0.15) is 0 Å². The standard InChI is InChI=1S/C9H18.C9H16.C8H15N.C8H14.3CH4/c2*1-8(2)9-6-4-3-5-7-9;1-7(2)8-4-3-5-9-6-8;1-7(2)8-5-3-4-6-8;;;/h8-9H,3-7H2,1-2H3;6,8H,3-5,7H2,1-2H3;6-7,9H,3-5H2,1-2H3;5,7H,3-4,6H2,1-2H3;3*1H4. The summed E-state index contributed by atoms with van der Waals surface area (Å²) in [4.78, 5) is 0. The summed E-state index contributed by atoms with van der Waals surface area (Å²) in [5.74, 6) is 4.32. The lowest BCUT2D eigenvalue weighted by Gasteiger charge is -2.24. The molecule has 1 fully saturated rings. The normalized spacial score (nSPS) is 18.9. The van der Waals surface area contributed by atoms with E-state index in [2.05, 4.69) is 79.1 Å². The zero-order chi connectivity index (χ0) is 26.1. The molecule has 1 heteroatoms. The molecule has 1 N–H and O–H groups in total. The average molecular weight is 534 g/mol. The van der Waals surface area contributed by atoms with Crippen LogP contribution in [0.15, 0.2) is 35.1 Å². The minimum absolute atomic E-state index is 0. The zero-order valence-corrected chi connectivity index (χ0v) is 25.2. The fourth-order valence-electron chi connectivity index (χ4n) is 5.53. The Hall–Kier alpha value is -0.980. The van der Waals surface area contributed by atoms with E-state index in [1.54, 1.807) is 16.7 Å². The molecular weight excluding hydrogens is 458 g/mol. The number of hydrogen-bond donors (Lipinski definition) is 1. The Balaban J connectivity index is -0.000000419. The number of hydrogen-bond acceptors (Lipinski definition) is 1. The van der Waals surface area contributed by atoms with Crippen molar-refractivity contribution in [3.05, 3.63) is 35.1 Å². The first kappa shape index (κ1) is 41.5. The summed E-state index contributed by atoms with van der Waals surface area (Å²) in [6, 6.07) is 0. The molecule has 228 valence electrons. The van der Waals surface area contributed by atoms with Gasteiger partial charge in [-0.2, -0.15) is 0 Å². The third-order valence-corrected chi connectivity index (χ3v) is 8.29. The first-order valence-corrected chi connectivity index (χ1v) is 15.5. The van der Waals surface area contributed by atoms with Crippen molar-refractivity contribution < 1.29 is 0 Å². The van der Waals surface area contributed by atoms with Crippen LogP contribution in [-0.4, -0.2) is 6.54 Å². The van der Waals surface area contributed by atoms with Crippen molar-refractivity contribution in [3.8, 4) is 0 Å². The van der Waals surface area contributed by atoms with Crippen molar-refractivity contribution in [3.63, 3.8) is 0 Å². The maximum absolute atomic E-state index is 3.25. The summed E-state index contributed by atoms with van der Waals surface area (Å²) in [6.45, 7) is 19.5. The highest BCUT2D eigenvalue weighted by Crippen LogP contribution is 2.29. The molecule has 1 saturated carbocycles. The molecule has 1 aliphatic heterocycles. The Bertz CT molecular complexity index is 581. The van der Waals surface area contributed by atoms with Gasteiger partial charge in [0.05, 0.1) is 0 Å². The van der Waals surface area contributed by atoms with Crippen LogP contribution in [0, 0.1) is 29.6 Å². The average Bonchev–Trinajstić information content (AvgIpc) is 3.43. The van der Waals surface area contributed by atoms with Crippen molar-refractivity contribution in [1.29, 1.82) is 0 Å². The molecule has 0 bridgehead atoms. The number of nitrogens with one attached hydrogen (secondary N) is 1. The van der Waals surface area contributed by atoms with Gasteiger partial charge >= 0.3 is 0 Å². The molecule has 0 atom stereocenters. The molecule has 1 heterocycles. The monoisotopic (exact) mass is 534 g/mol. The first-order valence-electron chi connectivity index (χ1n) is 15.5. The van der Waals surface area contributed by atoms with Crippen molar-refractivity contribution in [2.24, 2.45) is 29.6 Å². The van der Waals surface area contributed by atoms with E-state index in [1.165, 1.54) is 89.9 Å². The van der Waals surface area contributed by atoms with E-state index in [1.807, 2.05) is 0 Å². The third kappa shape index (κ3) is 19.1. The first-order chi connectivity index (χ1) is 16.7. The van der Waals surface area contributed by atoms with Crippen LogP contribution in [0.1, 0.15) is 168 Å². The molecule has 0 aromatic heterocycles. The Morgan fingerprint density at radius 2 is 1.03 bits per heavy atom. The van der Waals surface area contributed by atoms with Gasteiger partial charge in [0, 0.05) is 6.54 Å². The van der Waals surface area contributed by atoms with Crippen molar-refractivity contribution in [1.82, 2.24) is 5.32 Å². The summed E-state index contributed by atoms with van der Waals surface area (Å²) in [5.41, 5.74) is 4.92. The van der Waals surface area contributed by atoms with Gasteiger partial charge in [-0.3, -0.25) is 0 Å². The highest BCUT2D eigenvalue weighted by atomic mass is 14.8. The van der Waals surface area contributed by atoms with Gasteiger partial charge in [-0.25, -0.2) is 0 Å². The SMILES string of the molecule is C.C.C.CC(C)C1=CCCC1.CC(C)C1=CCCCC1.CC(C)C1=CNCCC1.CC(C)C1CCCCC1. The Morgan fingerprint density at radius 1 is 0.553 bits per heavy atom. The molecule has 4 aliphatic rings. The third-order valence-electron chi connectivity index (χ3n) is 8.29. The Kier molecular flexibility index (Phi) is 27.3. The van der Waals surface area contributed by atoms with Crippen LogP contribution in [0.4, 0.5) is 0 Å². The lowest BCUT2D eigenvalue weighted by molar-refractivity contribution is 0.279. The summed E-state index contributed by atoms with van der Waals surface area (Å²) in [7, 11) is 0. The molecule has 0 aromatic rings. The summed E-state index contributed by atoms with van der Waals surface area (Å²) in [5, 5.41) is 3.25. The number of allylic oxidation sites excluding steroid dienone is 5. The second kappa shape index (κ2) is 25.0. The molecule has 1 nitrogen and oxygen atoms in total. The van der Waals surface area contributed by atoms with E-state index in [0.717, 1.165) is 36.1 Å². The molecule has 0 saturated heterocycles. The molecule has 0 radical (unpaired) electrons. The van der Waals surface area contributed by atoms with Crippen LogP contribution in [0.3, 0.4) is 0 Å².